The zero-order valence-corrected chi connectivity index (χ0v) is 15.9. The molecule has 2 aliphatic heterocycles. The lowest BCUT2D eigenvalue weighted by Gasteiger charge is -2.40. The Hall–Kier alpha value is -2.98. The van der Waals surface area contributed by atoms with Crippen molar-refractivity contribution in [1.82, 2.24) is 25.0 Å². The molecule has 28 heavy (non-hydrogen) atoms. The lowest BCUT2D eigenvalue weighted by molar-refractivity contribution is -0.136. The molecule has 3 heterocycles. The zero-order chi connectivity index (χ0) is 20.1. The highest BCUT2D eigenvalue weighted by Gasteiger charge is 2.54. The molecule has 1 aromatic heterocycles. The van der Waals surface area contributed by atoms with E-state index in [9.17, 15) is 19.2 Å². The first-order valence-electron chi connectivity index (χ1n) is 9.36. The van der Waals surface area contributed by atoms with Crippen LogP contribution in [0.25, 0.3) is 0 Å². The zero-order valence-electron chi connectivity index (χ0n) is 15.9. The number of anilines is 2. The van der Waals surface area contributed by atoms with Crippen molar-refractivity contribution in [2.24, 2.45) is 5.41 Å². The molecule has 5 amide bonds. The third-order valence-corrected chi connectivity index (χ3v) is 5.51. The molecule has 150 valence electrons. The normalized spacial score (nSPS) is 26.1. The molecule has 3 aliphatic rings. The fourth-order valence-corrected chi connectivity index (χ4v) is 4.32. The third kappa shape index (κ3) is 3.20. The van der Waals surface area contributed by atoms with Gasteiger partial charge < -0.3 is 5.32 Å². The number of urea groups is 1. The number of rotatable bonds is 3. The molecule has 4 rings (SSSR count). The van der Waals surface area contributed by atoms with Crippen LogP contribution in [0.3, 0.4) is 0 Å². The summed E-state index contributed by atoms with van der Waals surface area (Å²) in [5, 5.41) is 11.9. The van der Waals surface area contributed by atoms with Crippen molar-refractivity contribution < 1.29 is 19.2 Å². The molecular weight excluding hydrogens is 366 g/mol. The minimum atomic E-state index is -0.921. The molecule has 1 spiro atoms. The summed E-state index contributed by atoms with van der Waals surface area (Å²) in [5.74, 6) is -0.833. The maximum Gasteiger partial charge on any atom is 0.325 e. The van der Waals surface area contributed by atoms with Gasteiger partial charge in [-0.25, -0.2) is 9.48 Å². The van der Waals surface area contributed by atoms with Crippen molar-refractivity contribution in [1.29, 1.82) is 0 Å². The number of aryl methyl sites for hydroxylation is 1. The Balaban J connectivity index is 1.43. The number of hydrogen-bond donors (Lipinski definition) is 3. The van der Waals surface area contributed by atoms with Gasteiger partial charge in [0.25, 0.3) is 11.9 Å². The van der Waals surface area contributed by atoms with Gasteiger partial charge in [-0.1, -0.05) is 20.3 Å². The maximum absolute atomic E-state index is 12.9. The van der Waals surface area contributed by atoms with Gasteiger partial charge >= 0.3 is 6.03 Å². The van der Waals surface area contributed by atoms with Crippen LogP contribution in [0.4, 0.5) is 16.7 Å². The molecule has 1 atom stereocenters. The van der Waals surface area contributed by atoms with Crippen molar-refractivity contribution >= 4 is 35.6 Å². The highest BCUT2D eigenvalue weighted by atomic mass is 16.2. The number of nitrogens with zero attached hydrogens (tertiary/aromatic N) is 4. The Morgan fingerprint density at radius 1 is 1.25 bits per heavy atom. The average Bonchev–Trinajstić information content (AvgIpc) is 3.07. The molecule has 11 heteroatoms. The summed E-state index contributed by atoms with van der Waals surface area (Å²) < 4.78 is 1.48. The maximum atomic E-state index is 12.9. The predicted octanol–water partition coefficient (Wildman–Crippen LogP) is 0.450. The molecular formula is C17H23N7O4. The lowest BCUT2D eigenvalue weighted by atomic mass is 9.68. The number of aromatic nitrogens is 3. The monoisotopic (exact) mass is 389 g/mol. The summed E-state index contributed by atoms with van der Waals surface area (Å²) in [6.45, 7) is 4.11. The topological polar surface area (TPSA) is 138 Å². The second-order valence-corrected chi connectivity index (χ2v) is 8.43. The van der Waals surface area contributed by atoms with E-state index in [0.29, 0.717) is 19.4 Å². The van der Waals surface area contributed by atoms with E-state index >= 15 is 0 Å². The Bertz CT molecular complexity index is 877. The van der Waals surface area contributed by atoms with Crippen LogP contribution in [0, 0.1) is 5.41 Å². The molecule has 0 aromatic carbocycles. The molecule has 2 fully saturated rings. The van der Waals surface area contributed by atoms with E-state index in [1.807, 2.05) is 0 Å². The molecule has 3 N–H and O–H groups in total. The van der Waals surface area contributed by atoms with E-state index in [0.717, 1.165) is 17.7 Å². The summed E-state index contributed by atoms with van der Waals surface area (Å²) in [4.78, 5) is 54.1. The summed E-state index contributed by atoms with van der Waals surface area (Å²) in [6, 6.07) is -0.554. The van der Waals surface area contributed by atoms with Crippen molar-refractivity contribution in [3.63, 3.8) is 0 Å². The van der Waals surface area contributed by atoms with Crippen LogP contribution >= 0.6 is 0 Å². The van der Waals surface area contributed by atoms with Gasteiger partial charge in [-0.05, 0) is 24.7 Å². The quantitative estimate of drug-likeness (QED) is 0.642. The Morgan fingerprint density at radius 2 is 2.04 bits per heavy atom. The number of nitrogens with one attached hydrogen (secondary N) is 3. The predicted molar refractivity (Wildman–Crippen MR) is 97.1 cm³/mol. The van der Waals surface area contributed by atoms with Gasteiger partial charge in [0.2, 0.25) is 17.8 Å². The smallest absolute Gasteiger partial charge is 0.323 e. The number of imide groups is 1. The minimum Gasteiger partial charge on any atom is -0.323 e. The van der Waals surface area contributed by atoms with Crippen LogP contribution < -0.4 is 16.0 Å². The average molecular weight is 389 g/mol. The van der Waals surface area contributed by atoms with Gasteiger partial charge in [-0.3, -0.25) is 29.9 Å². The number of hydrogen-bond acceptors (Lipinski definition) is 6. The van der Waals surface area contributed by atoms with E-state index in [2.05, 4.69) is 39.9 Å². The summed E-state index contributed by atoms with van der Waals surface area (Å²) >= 11 is 0. The van der Waals surface area contributed by atoms with Crippen LogP contribution in [0.2, 0.25) is 0 Å². The molecule has 11 nitrogen and oxygen atoms in total. The summed E-state index contributed by atoms with van der Waals surface area (Å²) in [7, 11) is 0. The molecule has 1 aliphatic carbocycles. The second kappa shape index (κ2) is 6.28. The Morgan fingerprint density at radius 3 is 2.79 bits per heavy atom. The van der Waals surface area contributed by atoms with Gasteiger partial charge in [0.1, 0.15) is 12.1 Å². The van der Waals surface area contributed by atoms with E-state index in [4.69, 9.17) is 0 Å². The minimum absolute atomic E-state index is 0.0165. The van der Waals surface area contributed by atoms with Crippen LogP contribution in [0.5, 0.6) is 0 Å². The standard InChI is InChI=1S/C17H23N7O4/c1-16(2)5-3-6-17(9-16)12(27)23(15(28)21-17)8-11(26)18-13-20-14-19-10(25)4-7-24(14)22-13/h3-9H2,1-2H3,(H,21,28)(H2,18,19,20,22,25,26). The fraction of sp³-hybridized carbons (Fsp3) is 0.647. The molecule has 1 saturated carbocycles. The first-order chi connectivity index (χ1) is 13.2. The SMILES string of the molecule is CC1(C)CCCC2(C1)NC(=O)N(CC(=O)Nc1nc3n(n1)CCC(=O)N3)C2=O. The molecule has 1 unspecified atom stereocenters. The van der Waals surface area contributed by atoms with E-state index in [-0.39, 0.29) is 35.5 Å². The number of fused-ring (bicyclic) bond motifs is 1. The van der Waals surface area contributed by atoms with Crippen LogP contribution in [0.1, 0.15) is 46.0 Å². The first-order valence-corrected chi connectivity index (χ1v) is 9.36. The number of carbonyl (C=O) groups excluding carboxylic acids is 4. The van der Waals surface area contributed by atoms with Gasteiger partial charge in [0, 0.05) is 6.42 Å². The highest BCUT2D eigenvalue weighted by Crippen LogP contribution is 2.43. The highest BCUT2D eigenvalue weighted by molar-refractivity contribution is 6.10. The van der Waals surface area contributed by atoms with Crippen molar-refractivity contribution in [2.45, 2.75) is 58.0 Å². The fourth-order valence-electron chi connectivity index (χ4n) is 4.32. The number of carbonyl (C=O) groups is 4. The molecule has 1 aromatic rings. The Kier molecular flexibility index (Phi) is 4.12. The van der Waals surface area contributed by atoms with Crippen molar-refractivity contribution in [3.05, 3.63) is 0 Å². The Labute approximate surface area is 161 Å². The van der Waals surface area contributed by atoms with Crippen LogP contribution in [-0.4, -0.2) is 55.5 Å². The van der Waals surface area contributed by atoms with Crippen molar-refractivity contribution in [2.75, 3.05) is 17.2 Å². The van der Waals surface area contributed by atoms with Crippen molar-refractivity contribution in [3.8, 4) is 0 Å². The molecule has 1 saturated heterocycles. The molecule has 0 radical (unpaired) electrons. The largest absolute Gasteiger partial charge is 0.325 e. The van der Waals surface area contributed by atoms with Gasteiger partial charge in [0.15, 0.2) is 0 Å². The first kappa shape index (κ1) is 18.4. The second-order valence-electron chi connectivity index (χ2n) is 8.43. The van der Waals surface area contributed by atoms with Gasteiger partial charge in [0.05, 0.1) is 6.54 Å². The van der Waals surface area contributed by atoms with Crippen LogP contribution in [-0.2, 0) is 20.9 Å². The van der Waals surface area contributed by atoms with Gasteiger partial charge in [-0.2, -0.15) is 4.98 Å². The van der Waals surface area contributed by atoms with Crippen LogP contribution in [0.15, 0.2) is 0 Å². The van der Waals surface area contributed by atoms with Gasteiger partial charge in [-0.15, -0.1) is 5.10 Å². The summed E-state index contributed by atoms with van der Waals surface area (Å²) in [5.41, 5.74) is -0.974. The van der Waals surface area contributed by atoms with E-state index in [1.54, 1.807) is 0 Å². The lowest BCUT2D eigenvalue weighted by Crippen LogP contribution is -2.52. The van der Waals surface area contributed by atoms with E-state index < -0.39 is 24.0 Å². The van der Waals surface area contributed by atoms with E-state index in [1.165, 1.54) is 4.68 Å². The number of amides is 5. The third-order valence-electron chi connectivity index (χ3n) is 5.51. The summed E-state index contributed by atoms with van der Waals surface area (Å²) in [6.07, 6.45) is 3.25. The molecule has 0 bridgehead atoms.